The lowest BCUT2D eigenvalue weighted by molar-refractivity contribution is 0.168. The fraction of sp³-hybridized carbons (Fsp3) is 0.882. The lowest BCUT2D eigenvalue weighted by Crippen LogP contribution is -2.38. The van der Waals surface area contributed by atoms with Crippen LogP contribution in [0.5, 0.6) is 0 Å². The van der Waals surface area contributed by atoms with Crippen LogP contribution in [0.4, 0.5) is 0 Å². The van der Waals surface area contributed by atoms with Gasteiger partial charge in [0.25, 0.3) is 0 Å². The van der Waals surface area contributed by atoms with Crippen molar-refractivity contribution < 1.29 is 0 Å². The van der Waals surface area contributed by atoms with Crippen LogP contribution in [-0.2, 0) is 13.1 Å². The van der Waals surface area contributed by atoms with Gasteiger partial charge in [-0.25, -0.2) is 0 Å². The molecule has 0 aliphatic carbocycles. The maximum absolute atomic E-state index is 4.59. The summed E-state index contributed by atoms with van der Waals surface area (Å²) >= 11 is 0. The van der Waals surface area contributed by atoms with Crippen LogP contribution in [0.1, 0.15) is 64.0 Å². The third kappa shape index (κ3) is 3.35. The number of nitrogens with zero attached hydrogens (tertiary/aromatic N) is 5. The van der Waals surface area contributed by atoms with Crippen molar-refractivity contribution in [2.24, 2.45) is 0 Å². The van der Waals surface area contributed by atoms with Gasteiger partial charge in [-0.15, -0.1) is 10.2 Å². The zero-order valence-corrected chi connectivity index (χ0v) is 14.5. The minimum atomic E-state index is 0.592. The van der Waals surface area contributed by atoms with E-state index in [0.29, 0.717) is 12.0 Å². The summed E-state index contributed by atoms with van der Waals surface area (Å²) in [7, 11) is 0. The molecular weight excluding hydrogens is 274 g/mol. The van der Waals surface area contributed by atoms with Crippen molar-refractivity contribution in [3.8, 4) is 0 Å². The Morgan fingerprint density at radius 3 is 2.32 bits per heavy atom. The summed E-state index contributed by atoms with van der Waals surface area (Å²) in [6, 6.07) is 0.663. The monoisotopic (exact) mass is 305 g/mol. The van der Waals surface area contributed by atoms with Gasteiger partial charge < -0.3 is 9.47 Å². The van der Waals surface area contributed by atoms with E-state index in [-0.39, 0.29) is 0 Å². The molecule has 1 aromatic rings. The van der Waals surface area contributed by atoms with Crippen molar-refractivity contribution in [1.82, 2.24) is 24.6 Å². The molecule has 22 heavy (non-hydrogen) atoms. The van der Waals surface area contributed by atoms with Crippen molar-refractivity contribution in [2.45, 2.75) is 71.5 Å². The highest BCUT2D eigenvalue weighted by molar-refractivity contribution is 5.04. The second-order valence-electron chi connectivity index (χ2n) is 7.11. The Morgan fingerprint density at radius 2 is 1.73 bits per heavy atom. The Balaban J connectivity index is 1.67. The summed E-state index contributed by atoms with van der Waals surface area (Å²) in [6.07, 6.45) is 5.11. The molecule has 3 rings (SSSR count). The number of aromatic nitrogens is 3. The number of hydrogen-bond acceptors (Lipinski definition) is 4. The van der Waals surface area contributed by atoms with Gasteiger partial charge in [0.1, 0.15) is 11.6 Å². The lowest BCUT2D eigenvalue weighted by atomic mass is 9.95. The third-order valence-electron chi connectivity index (χ3n) is 5.36. The minimum absolute atomic E-state index is 0.592. The first-order chi connectivity index (χ1) is 10.7. The molecule has 0 spiro atoms. The van der Waals surface area contributed by atoms with Crippen LogP contribution < -0.4 is 0 Å². The predicted molar refractivity (Wildman–Crippen MR) is 88.9 cm³/mol. The van der Waals surface area contributed by atoms with Crippen LogP contribution in [0.2, 0.25) is 0 Å². The lowest BCUT2D eigenvalue weighted by Gasteiger charge is -2.34. The molecule has 2 fully saturated rings. The van der Waals surface area contributed by atoms with Crippen molar-refractivity contribution in [3.63, 3.8) is 0 Å². The molecule has 5 nitrogen and oxygen atoms in total. The van der Waals surface area contributed by atoms with Crippen LogP contribution in [0.25, 0.3) is 0 Å². The van der Waals surface area contributed by atoms with E-state index >= 15 is 0 Å². The second kappa shape index (κ2) is 7.09. The smallest absolute Gasteiger partial charge is 0.147 e. The molecule has 0 N–H and O–H groups in total. The molecule has 3 heterocycles. The van der Waals surface area contributed by atoms with Gasteiger partial charge in [-0.3, -0.25) is 4.90 Å². The molecule has 2 aliphatic rings. The Hall–Kier alpha value is -0.940. The van der Waals surface area contributed by atoms with E-state index in [1.807, 2.05) is 0 Å². The maximum Gasteiger partial charge on any atom is 0.147 e. The summed E-state index contributed by atoms with van der Waals surface area (Å²) < 4.78 is 2.38. The normalized spacial score (nSPS) is 22.0. The summed E-state index contributed by atoms with van der Waals surface area (Å²) in [5, 5.41) is 9.13. The first-order valence-corrected chi connectivity index (χ1v) is 9.07. The average Bonchev–Trinajstić information content (AvgIpc) is 3.17. The van der Waals surface area contributed by atoms with Crippen LogP contribution >= 0.6 is 0 Å². The highest BCUT2D eigenvalue weighted by Gasteiger charge is 2.27. The second-order valence-corrected chi connectivity index (χ2v) is 7.11. The highest BCUT2D eigenvalue weighted by atomic mass is 15.3. The number of likely N-dealkylation sites (tertiary alicyclic amines) is 2. The molecule has 0 radical (unpaired) electrons. The molecule has 1 aromatic heterocycles. The zero-order valence-electron chi connectivity index (χ0n) is 14.5. The van der Waals surface area contributed by atoms with Gasteiger partial charge in [-0.2, -0.15) is 0 Å². The maximum atomic E-state index is 4.59. The van der Waals surface area contributed by atoms with E-state index in [9.17, 15) is 0 Å². The van der Waals surface area contributed by atoms with Crippen LogP contribution in [0.3, 0.4) is 0 Å². The van der Waals surface area contributed by atoms with E-state index in [1.54, 1.807) is 0 Å². The first kappa shape index (κ1) is 15.9. The van der Waals surface area contributed by atoms with E-state index in [1.165, 1.54) is 63.5 Å². The SMILES string of the molecule is CCn1c(CN2CCCC2)nnc1C1CCN(C(C)C)CC1. The number of rotatable bonds is 5. The van der Waals surface area contributed by atoms with E-state index in [2.05, 4.69) is 45.3 Å². The van der Waals surface area contributed by atoms with Gasteiger partial charge in [-0.05, 0) is 72.6 Å². The fourth-order valence-electron chi connectivity index (χ4n) is 3.93. The molecular formula is C17H31N5. The molecule has 0 aromatic carbocycles. The largest absolute Gasteiger partial charge is 0.314 e. The van der Waals surface area contributed by atoms with Crippen molar-refractivity contribution in [1.29, 1.82) is 0 Å². The number of piperidine rings is 1. The van der Waals surface area contributed by atoms with E-state index in [0.717, 1.165) is 13.1 Å². The Labute approximate surface area is 134 Å². The topological polar surface area (TPSA) is 37.2 Å². The van der Waals surface area contributed by atoms with Gasteiger partial charge in [0.15, 0.2) is 0 Å². The first-order valence-electron chi connectivity index (χ1n) is 9.07. The molecule has 2 aliphatic heterocycles. The molecule has 0 bridgehead atoms. The Kier molecular flexibility index (Phi) is 5.14. The van der Waals surface area contributed by atoms with Gasteiger partial charge in [0.05, 0.1) is 6.54 Å². The molecule has 124 valence electrons. The van der Waals surface area contributed by atoms with Crippen molar-refractivity contribution in [2.75, 3.05) is 26.2 Å². The molecule has 0 saturated carbocycles. The average molecular weight is 305 g/mol. The molecule has 2 saturated heterocycles. The fourth-order valence-corrected chi connectivity index (χ4v) is 3.93. The van der Waals surface area contributed by atoms with Crippen LogP contribution in [0, 0.1) is 0 Å². The van der Waals surface area contributed by atoms with E-state index < -0.39 is 0 Å². The third-order valence-corrected chi connectivity index (χ3v) is 5.36. The van der Waals surface area contributed by atoms with Gasteiger partial charge in [0, 0.05) is 18.5 Å². The Morgan fingerprint density at radius 1 is 1.05 bits per heavy atom. The summed E-state index contributed by atoms with van der Waals surface area (Å²) in [4.78, 5) is 5.09. The minimum Gasteiger partial charge on any atom is -0.314 e. The molecule has 0 amide bonds. The van der Waals surface area contributed by atoms with E-state index in [4.69, 9.17) is 0 Å². The highest BCUT2D eigenvalue weighted by Crippen LogP contribution is 2.28. The summed E-state index contributed by atoms with van der Waals surface area (Å²) in [5.41, 5.74) is 0. The van der Waals surface area contributed by atoms with Gasteiger partial charge >= 0.3 is 0 Å². The predicted octanol–water partition coefficient (Wildman–Crippen LogP) is 2.48. The van der Waals surface area contributed by atoms with Crippen LogP contribution in [-0.4, -0.2) is 56.8 Å². The summed E-state index contributed by atoms with van der Waals surface area (Å²) in [5.74, 6) is 3.00. The van der Waals surface area contributed by atoms with Crippen LogP contribution in [0.15, 0.2) is 0 Å². The molecule has 0 unspecified atom stereocenters. The van der Waals surface area contributed by atoms with Gasteiger partial charge in [-0.1, -0.05) is 0 Å². The van der Waals surface area contributed by atoms with Gasteiger partial charge in [0.2, 0.25) is 0 Å². The van der Waals surface area contributed by atoms with Crippen molar-refractivity contribution in [3.05, 3.63) is 11.6 Å². The summed E-state index contributed by atoms with van der Waals surface area (Å²) in [6.45, 7) is 13.6. The van der Waals surface area contributed by atoms with Crippen molar-refractivity contribution >= 4 is 0 Å². The zero-order chi connectivity index (χ0) is 15.5. The number of hydrogen-bond donors (Lipinski definition) is 0. The Bertz CT molecular complexity index is 467. The molecule has 5 heteroatoms. The molecule has 0 atom stereocenters. The quantitative estimate of drug-likeness (QED) is 0.837. The standard InChI is InChI=1S/C17H31N5/c1-4-22-16(13-20-9-5-6-10-20)18-19-17(22)15-7-11-21(12-8-15)14(2)3/h14-15H,4-13H2,1-3H3.